The number of nitrogens with zero attached hydrogens (tertiary/aromatic N) is 3. The first kappa shape index (κ1) is 24.9. The lowest BCUT2D eigenvalue weighted by molar-refractivity contribution is -0.137. The van der Waals surface area contributed by atoms with Crippen LogP contribution in [-0.2, 0) is 16.2 Å². The van der Waals surface area contributed by atoms with Gasteiger partial charge in [0.25, 0.3) is 0 Å². The lowest BCUT2D eigenvalue weighted by atomic mass is 10.0. The minimum absolute atomic E-state index is 0.166. The number of aromatic nitrogens is 2. The highest BCUT2D eigenvalue weighted by atomic mass is 32.2. The number of nitrogens with two attached hydrogens (primary N) is 1. The zero-order valence-electron chi connectivity index (χ0n) is 17.8. The molecule has 172 valence electrons. The number of aryl methyl sites for hydroxylation is 1. The van der Waals surface area contributed by atoms with Crippen molar-refractivity contribution < 1.29 is 21.6 Å². The lowest BCUT2D eigenvalue weighted by Crippen LogP contribution is -2.29. The summed E-state index contributed by atoms with van der Waals surface area (Å²) < 4.78 is 63.4. The first-order valence-corrected chi connectivity index (χ1v) is 11.8. The second kappa shape index (κ2) is 10.3. The van der Waals surface area contributed by atoms with Crippen molar-refractivity contribution in [1.82, 2.24) is 15.1 Å². The fourth-order valence-electron chi connectivity index (χ4n) is 3.13. The molecule has 1 fully saturated rings. The van der Waals surface area contributed by atoms with Gasteiger partial charge in [0.1, 0.15) is 5.82 Å². The van der Waals surface area contributed by atoms with Gasteiger partial charge in [0.2, 0.25) is 10.0 Å². The molecule has 2 aromatic rings. The van der Waals surface area contributed by atoms with Crippen LogP contribution >= 0.6 is 0 Å². The van der Waals surface area contributed by atoms with E-state index >= 15 is 0 Å². The number of hydrogen-bond donors (Lipinski definition) is 2. The third kappa shape index (κ3) is 7.66. The summed E-state index contributed by atoms with van der Waals surface area (Å²) in [5.41, 5.74) is 5.28. The van der Waals surface area contributed by atoms with Gasteiger partial charge in [-0.05, 0) is 63.2 Å². The highest BCUT2D eigenvalue weighted by Crippen LogP contribution is 2.36. The molecule has 0 saturated carbocycles. The van der Waals surface area contributed by atoms with Crippen LogP contribution in [-0.4, -0.2) is 49.4 Å². The molecule has 0 aliphatic carbocycles. The SMILES string of the molecule is CCN1CCCCC1.Cc1cc(-c2ccc(C(F)(F)F)cc2NS(C)(=O)=O)nnc1N. The van der Waals surface area contributed by atoms with Crippen molar-refractivity contribution in [3.63, 3.8) is 0 Å². The second-order valence-corrected chi connectivity index (χ2v) is 9.17. The lowest BCUT2D eigenvalue weighted by Gasteiger charge is -2.24. The summed E-state index contributed by atoms with van der Waals surface area (Å²) in [6, 6.07) is 4.20. The maximum atomic E-state index is 12.8. The molecular weight excluding hydrogens is 431 g/mol. The molecule has 7 nitrogen and oxygen atoms in total. The van der Waals surface area contributed by atoms with E-state index in [1.807, 2.05) is 0 Å². The van der Waals surface area contributed by atoms with E-state index in [9.17, 15) is 21.6 Å². The van der Waals surface area contributed by atoms with Gasteiger partial charge < -0.3 is 10.6 Å². The Morgan fingerprint density at radius 2 is 1.77 bits per heavy atom. The maximum Gasteiger partial charge on any atom is 0.416 e. The van der Waals surface area contributed by atoms with Crippen LogP contribution in [0.5, 0.6) is 0 Å². The van der Waals surface area contributed by atoms with Gasteiger partial charge in [0.15, 0.2) is 0 Å². The summed E-state index contributed by atoms with van der Waals surface area (Å²) in [7, 11) is -3.78. The van der Waals surface area contributed by atoms with E-state index in [4.69, 9.17) is 5.73 Å². The Balaban J connectivity index is 0.000000357. The monoisotopic (exact) mass is 459 g/mol. The van der Waals surface area contributed by atoms with Crippen molar-refractivity contribution in [1.29, 1.82) is 0 Å². The van der Waals surface area contributed by atoms with Crippen LogP contribution in [0.2, 0.25) is 0 Å². The molecule has 3 rings (SSSR count). The van der Waals surface area contributed by atoms with E-state index in [0.717, 1.165) is 18.4 Å². The Hall–Kier alpha value is -2.40. The zero-order chi connectivity index (χ0) is 23.2. The first-order chi connectivity index (χ1) is 14.4. The van der Waals surface area contributed by atoms with Gasteiger partial charge in [-0.2, -0.15) is 13.2 Å². The first-order valence-electron chi connectivity index (χ1n) is 9.92. The molecule has 0 spiro atoms. The minimum Gasteiger partial charge on any atom is -0.382 e. The fraction of sp³-hybridized carbons (Fsp3) is 0.500. The number of piperidine rings is 1. The van der Waals surface area contributed by atoms with Gasteiger partial charge in [-0.1, -0.05) is 19.4 Å². The van der Waals surface area contributed by atoms with E-state index in [1.165, 1.54) is 45.0 Å². The number of hydrogen-bond acceptors (Lipinski definition) is 6. The predicted octanol–water partition coefficient (Wildman–Crippen LogP) is 3.92. The fourth-order valence-corrected chi connectivity index (χ4v) is 3.70. The van der Waals surface area contributed by atoms with Crippen LogP contribution in [0.4, 0.5) is 24.7 Å². The number of nitrogens with one attached hydrogen (secondary N) is 1. The number of anilines is 2. The van der Waals surface area contributed by atoms with Crippen LogP contribution in [0.25, 0.3) is 11.3 Å². The second-order valence-electron chi connectivity index (χ2n) is 7.43. The number of sulfonamides is 1. The topological polar surface area (TPSA) is 101 Å². The van der Waals surface area contributed by atoms with Crippen molar-refractivity contribution >= 4 is 21.5 Å². The standard InChI is InChI=1S/C13H13F3N4O2S.C7H15N/c1-7-5-10(18-19-12(7)17)9-4-3-8(13(14,15)16)6-11(9)20-23(2,21)22;1-2-8-6-4-3-5-7-8/h3-6,20H,1-2H3,(H2,17,19);2-7H2,1H3. The zero-order valence-corrected chi connectivity index (χ0v) is 18.6. The van der Waals surface area contributed by atoms with Gasteiger partial charge in [0, 0.05) is 5.56 Å². The van der Waals surface area contributed by atoms with Gasteiger partial charge in [-0.3, -0.25) is 4.72 Å². The average molecular weight is 460 g/mol. The van der Waals surface area contributed by atoms with E-state index in [0.29, 0.717) is 11.6 Å². The summed E-state index contributed by atoms with van der Waals surface area (Å²) >= 11 is 0. The Kier molecular flexibility index (Phi) is 8.24. The third-order valence-electron chi connectivity index (χ3n) is 4.84. The Morgan fingerprint density at radius 1 is 1.13 bits per heavy atom. The van der Waals surface area contributed by atoms with Crippen LogP contribution in [0.1, 0.15) is 37.3 Å². The number of rotatable bonds is 4. The smallest absolute Gasteiger partial charge is 0.382 e. The van der Waals surface area contributed by atoms with Gasteiger partial charge in [-0.15, -0.1) is 10.2 Å². The van der Waals surface area contributed by atoms with Gasteiger partial charge in [0.05, 0.1) is 23.2 Å². The molecule has 2 heterocycles. The maximum absolute atomic E-state index is 12.8. The van der Waals surface area contributed by atoms with E-state index in [2.05, 4.69) is 26.7 Å². The van der Waals surface area contributed by atoms with E-state index in [1.54, 1.807) is 6.92 Å². The number of alkyl halides is 3. The summed E-state index contributed by atoms with van der Waals surface area (Å²) in [6.07, 6.45) is 0.546. The van der Waals surface area contributed by atoms with Crippen molar-refractivity contribution in [3.8, 4) is 11.3 Å². The molecule has 0 bridgehead atoms. The Labute approximate surface area is 180 Å². The number of halogens is 3. The quantitative estimate of drug-likeness (QED) is 0.719. The van der Waals surface area contributed by atoms with Crippen LogP contribution < -0.4 is 10.5 Å². The molecule has 1 aliphatic rings. The number of nitrogen functional groups attached to an aromatic ring is 1. The molecule has 0 radical (unpaired) electrons. The summed E-state index contributed by atoms with van der Waals surface area (Å²) in [5.74, 6) is 0.179. The summed E-state index contributed by atoms with van der Waals surface area (Å²) in [6.45, 7) is 7.83. The largest absolute Gasteiger partial charge is 0.416 e. The molecule has 3 N–H and O–H groups in total. The molecule has 0 amide bonds. The molecule has 11 heteroatoms. The highest BCUT2D eigenvalue weighted by Gasteiger charge is 2.31. The van der Waals surface area contributed by atoms with Gasteiger partial charge in [-0.25, -0.2) is 8.42 Å². The van der Waals surface area contributed by atoms with Crippen LogP contribution in [0, 0.1) is 6.92 Å². The Morgan fingerprint density at radius 3 is 2.26 bits per heavy atom. The average Bonchev–Trinajstić information content (AvgIpc) is 2.69. The van der Waals surface area contributed by atoms with Crippen molar-refractivity contribution in [3.05, 3.63) is 35.4 Å². The van der Waals surface area contributed by atoms with Crippen LogP contribution in [0.15, 0.2) is 24.3 Å². The van der Waals surface area contributed by atoms with Crippen LogP contribution in [0.3, 0.4) is 0 Å². The normalized spacial score (nSPS) is 15.2. The van der Waals surface area contributed by atoms with E-state index in [-0.39, 0.29) is 22.8 Å². The van der Waals surface area contributed by atoms with Crippen molar-refractivity contribution in [2.45, 2.75) is 39.3 Å². The number of benzene rings is 1. The summed E-state index contributed by atoms with van der Waals surface area (Å²) in [4.78, 5) is 2.52. The molecule has 1 aromatic heterocycles. The van der Waals surface area contributed by atoms with E-state index < -0.39 is 21.8 Å². The van der Waals surface area contributed by atoms with Crippen molar-refractivity contribution in [2.75, 3.05) is 36.3 Å². The van der Waals surface area contributed by atoms with Gasteiger partial charge >= 0.3 is 6.18 Å². The minimum atomic E-state index is -4.60. The summed E-state index contributed by atoms with van der Waals surface area (Å²) in [5, 5.41) is 7.49. The highest BCUT2D eigenvalue weighted by molar-refractivity contribution is 7.92. The predicted molar refractivity (Wildman–Crippen MR) is 116 cm³/mol. The Bertz CT molecular complexity index is 991. The molecule has 1 aromatic carbocycles. The third-order valence-corrected chi connectivity index (χ3v) is 5.43. The molecule has 1 saturated heterocycles. The van der Waals surface area contributed by atoms with Crippen molar-refractivity contribution in [2.24, 2.45) is 0 Å². The molecular formula is C20H28F3N5O2S. The molecule has 1 aliphatic heterocycles. The molecule has 0 unspecified atom stereocenters. The number of likely N-dealkylation sites (tertiary alicyclic amines) is 1. The molecule has 31 heavy (non-hydrogen) atoms. The molecule has 0 atom stereocenters.